The van der Waals surface area contributed by atoms with Crippen LogP contribution < -0.4 is 4.90 Å². The molecule has 1 N–H and O–H groups in total. The van der Waals surface area contributed by atoms with Gasteiger partial charge < -0.3 is 14.7 Å². The zero-order valence-electron chi connectivity index (χ0n) is 12.7. The molecular formula is C16H23NO4. The van der Waals surface area contributed by atoms with E-state index in [1.165, 1.54) is 0 Å². The van der Waals surface area contributed by atoms with Crippen molar-refractivity contribution in [1.29, 1.82) is 0 Å². The van der Waals surface area contributed by atoms with Crippen LogP contribution >= 0.6 is 0 Å². The second-order valence-electron chi connectivity index (χ2n) is 4.83. The molecule has 1 aromatic carbocycles. The lowest BCUT2D eigenvalue weighted by Gasteiger charge is -2.22. The summed E-state index contributed by atoms with van der Waals surface area (Å²) >= 11 is 0. The molecule has 0 aromatic heterocycles. The smallest absolute Gasteiger partial charge is 0.305 e. The predicted octanol–water partition coefficient (Wildman–Crippen LogP) is 2.62. The topological polar surface area (TPSA) is 66.8 Å². The van der Waals surface area contributed by atoms with E-state index in [0.717, 1.165) is 11.3 Å². The molecule has 0 saturated carbocycles. The molecule has 5 heteroatoms. The molecule has 0 atom stereocenters. The van der Waals surface area contributed by atoms with Gasteiger partial charge in [-0.1, -0.05) is 17.7 Å². The maximum Gasteiger partial charge on any atom is 0.305 e. The number of benzene rings is 1. The number of amides is 1. The lowest BCUT2D eigenvalue weighted by atomic mass is 10.2. The van der Waals surface area contributed by atoms with E-state index in [4.69, 9.17) is 9.84 Å². The molecule has 0 spiro atoms. The molecule has 0 bridgehead atoms. The molecule has 0 aliphatic carbocycles. The number of carbonyl (C=O) groups excluding carboxylic acids is 1. The second-order valence-corrected chi connectivity index (χ2v) is 4.83. The quantitative estimate of drug-likeness (QED) is 0.711. The summed E-state index contributed by atoms with van der Waals surface area (Å²) in [5.41, 5.74) is 1.84. The third-order valence-corrected chi connectivity index (χ3v) is 3.08. The van der Waals surface area contributed by atoms with Crippen molar-refractivity contribution in [2.75, 3.05) is 24.7 Å². The van der Waals surface area contributed by atoms with Crippen molar-refractivity contribution in [2.45, 2.75) is 33.1 Å². The molecule has 5 nitrogen and oxygen atoms in total. The lowest BCUT2D eigenvalue weighted by molar-refractivity contribution is -0.136. The first-order valence-corrected chi connectivity index (χ1v) is 7.21. The molecule has 0 radical (unpaired) electrons. The standard InChI is InChI=1S/C16H23NO4/c1-3-21-12-4-5-15(18)17(11-10-16(19)20)14-8-6-13(2)7-9-14/h6-9H,3-5,10-12H2,1-2H3,(H,19,20). The second kappa shape index (κ2) is 9.13. The number of rotatable bonds is 9. The number of aliphatic carboxylic acids is 1. The Labute approximate surface area is 125 Å². The van der Waals surface area contributed by atoms with Crippen LogP contribution in [0.5, 0.6) is 0 Å². The summed E-state index contributed by atoms with van der Waals surface area (Å²) in [5.74, 6) is -0.978. The van der Waals surface area contributed by atoms with Crippen LogP contribution in [0.15, 0.2) is 24.3 Å². The summed E-state index contributed by atoms with van der Waals surface area (Å²) in [4.78, 5) is 24.6. The Balaban J connectivity index is 2.69. The van der Waals surface area contributed by atoms with E-state index in [9.17, 15) is 9.59 Å². The van der Waals surface area contributed by atoms with Crippen molar-refractivity contribution in [3.05, 3.63) is 29.8 Å². The first-order chi connectivity index (χ1) is 10.0. The van der Waals surface area contributed by atoms with Gasteiger partial charge in [0, 0.05) is 31.9 Å². The fourth-order valence-electron chi connectivity index (χ4n) is 1.93. The monoisotopic (exact) mass is 293 g/mol. The SMILES string of the molecule is CCOCCCC(=O)N(CCC(=O)O)c1ccc(C)cc1. The van der Waals surface area contributed by atoms with Crippen molar-refractivity contribution in [3.8, 4) is 0 Å². The van der Waals surface area contributed by atoms with Gasteiger partial charge in [0.15, 0.2) is 0 Å². The van der Waals surface area contributed by atoms with Gasteiger partial charge in [-0.2, -0.15) is 0 Å². The van der Waals surface area contributed by atoms with Crippen LogP contribution in [0.3, 0.4) is 0 Å². The van der Waals surface area contributed by atoms with Crippen molar-refractivity contribution >= 4 is 17.6 Å². The molecule has 0 unspecified atom stereocenters. The molecule has 0 fully saturated rings. The Bertz CT molecular complexity index is 456. The summed E-state index contributed by atoms with van der Waals surface area (Å²) < 4.78 is 5.22. The number of nitrogens with zero attached hydrogens (tertiary/aromatic N) is 1. The van der Waals surface area contributed by atoms with Gasteiger partial charge in [-0.15, -0.1) is 0 Å². The van der Waals surface area contributed by atoms with Crippen LogP contribution in [-0.2, 0) is 14.3 Å². The number of aryl methyl sites for hydroxylation is 1. The minimum absolute atomic E-state index is 0.0644. The molecule has 1 rings (SSSR count). The number of anilines is 1. The van der Waals surface area contributed by atoms with Crippen molar-refractivity contribution in [2.24, 2.45) is 0 Å². The number of carboxylic acid groups (broad SMARTS) is 1. The first-order valence-electron chi connectivity index (χ1n) is 7.21. The third kappa shape index (κ3) is 6.40. The van der Waals surface area contributed by atoms with Crippen LogP contribution in [0.4, 0.5) is 5.69 Å². The lowest BCUT2D eigenvalue weighted by Crippen LogP contribution is -2.33. The number of ether oxygens (including phenoxy) is 1. The van der Waals surface area contributed by atoms with Crippen LogP contribution in [0.1, 0.15) is 31.7 Å². The minimum atomic E-state index is -0.908. The van der Waals surface area contributed by atoms with Crippen molar-refractivity contribution < 1.29 is 19.4 Å². The Morgan fingerprint density at radius 3 is 2.43 bits per heavy atom. The first kappa shape index (κ1) is 17.2. The Kier molecular flexibility index (Phi) is 7.46. The van der Waals surface area contributed by atoms with E-state index in [0.29, 0.717) is 26.1 Å². The summed E-state index contributed by atoms with van der Waals surface area (Å²) in [5, 5.41) is 8.82. The van der Waals surface area contributed by atoms with Gasteiger partial charge >= 0.3 is 5.97 Å². The van der Waals surface area contributed by atoms with E-state index in [1.807, 2.05) is 38.1 Å². The number of hydrogen-bond donors (Lipinski definition) is 1. The average molecular weight is 293 g/mol. The molecule has 1 aromatic rings. The van der Waals surface area contributed by atoms with Crippen LogP contribution in [0, 0.1) is 6.92 Å². The molecule has 0 heterocycles. The zero-order valence-corrected chi connectivity index (χ0v) is 12.7. The fourth-order valence-corrected chi connectivity index (χ4v) is 1.93. The highest BCUT2D eigenvalue weighted by atomic mass is 16.5. The molecule has 116 valence electrons. The maximum absolute atomic E-state index is 12.3. The fraction of sp³-hybridized carbons (Fsp3) is 0.500. The van der Waals surface area contributed by atoms with E-state index < -0.39 is 5.97 Å². The summed E-state index contributed by atoms with van der Waals surface area (Å²) in [7, 11) is 0. The van der Waals surface area contributed by atoms with E-state index in [1.54, 1.807) is 4.90 Å². The third-order valence-electron chi connectivity index (χ3n) is 3.08. The van der Waals surface area contributed by atoms with Crippen molar-refractivity contribution in [3.63, 3.8) is 0 Å². The Morgan fingerprint density at radius 2 is 1.86 bits per heavy atom. The maximum atomic E-state index is 12.3. The normalized spacial score (nSPS) is 10.4. The number of carboxylic acids is 1. The van der Waals surface area contributed by atoms with E-state index >= 15 is 0 Å². The molecule has 0 aliphatic rings. The van der Waals surface area contributed by atoms with Gasteiger partial charge in [0.05, 0.1) is 6.42 Å². The molecular weight excluding hydrogens is 270 g/mol. The molecule has 21 heavy (non-hydrogen) atoms. The van der Waals surface area contributed by atoms with Crippen LogP contribution in [-0.4, -0.2) is 36.7 Å². The van der Waals surface area contributed by atoms with Gasteiger partial charge in [-0.3, -0.25) is 9.59 Å². The van der Waals surface area contributed by atoms with Gasteiger partial charge in [0.1, 0.15) is 0 Å². The molecule has 0 aliphatic heterocycles. The van der Waals surface area contributed by atoms with Gasteiger partial charge in [-0.05, 0) is 32.4 Å². The largest absolute Gasteiger partial charge is 0.481 e. The summed E-state index contributed by atoms with van der Waals surface area (Å²) in [6.07, 6.45) is 0.931. The van der Waals surface area contributed by atoms with Crippen LogP contribution in [0.2, 0.25) is 0 Å². The van der Waals surface area contributed by atoms with E-state index in [-0.39, 0.29) is 18.9 Å². The number of hydrogen-bond acceptors (Lipinski definition) is 3. The molecule has 1 amide bonds. The van der Waals surface area contributed by atoms with E-state index in [2.05, 4.69) is 0 Å². The summed E-state index contributed by atoms with van der Waals surface area (Å²) in [6, 6.07) is 7.52. The van der Waals surface area contributed by atoms with Gasteiger partial charge in [0.2, 0.25) is 5.91 Å². The van der Waals surface area contributed by atoms with Gasteiger partial charge in [-0.25, -0.2) is 0 Å². The Hall–Kier alpha value is -1.88. The highest BCUT2D eigenvalue weighted by Crippen LogP contribution is 2.17. The highest BCUT2D eigenvalue weighted by molar-refractivity contribution is 5.93. The predicted molar refractivity (Wildman–Crippen MR) is 81.5 cm³/mol. The number of carbonyl (C=O) groups is 2. The van der Waals surface area contributed by atoms with Gasteiger partial charge in [0.25, 0.3) is 0 Å². The molecule has 0 saturated heterocycles. The summed E-state index contributed by atoms with van der Waals surface area (Å²) in [6.45, 7) is 5.24. The highest BCUT2D eigenvalue weighted by Gasteiger charge is 2.16. The van der Waals surface area contributed by atoms with Crippen LogP contribution in [0.25, 0.3) is 0 Å². The average Bonchev–Trinajstić information content (AvgIpc) is 2.45. The minimum Gasteiger partial charge on any atom is -0.481 e. The van der Waals surface area contributed by atoms with Crippen molar-refractivity contribution in [1.82, 2.24) is 0 Å². The zero-order chi connectivity index (χ0) is 15.7. The Morgan fingerprint density at radius 1 is 1.19 bits per heavy atom.